The van der Waals surface area contributed by atoms with Crippen molar-refractivity contribution >= 4 is 34.4 Å². The first-order valence-corrected chi connectivity index (χ1v) is 9.14. The van der Waals surface area contributed by atoms with E-state index >= 15 is 0 Å². The molecule has 0 saturated carbocycles. The normalized spacial score (nSPS) is 11.2. The highest BCUT2D eigenvalue weighted by atomic mass is 32.1. The molecule has 1 aromatic carbocycles. The van der Waals surface area contributed by atoms with Crippen LogP contribution in [0.3, 0.4) is 0 Å². The first kappa shape index (κ1) is 19.2. The van der Waals surface area contributed by atoms with Crippen LogP contribution in [0.4, 0.5) is 18.9 Å². The van der Waals surface area contributed by atoms with Gasteiger partial charge in [-0.25, -0.2) is 0 Å². The molecule has 0 bridgehead atoms. The van der Waals surface area contributed by atoms with E-state index in [0.717, 1.165) is 10.6 Å². The van der Waals surface area contributed by atoms with Crippen LogP contribution in [0, 0.1) is 0 Å². The number of nitrogens with zero attached hydrogens (tertiary/aromatic N) is 1. The van der Waals surface area contributed by atoms with Crippen molar-refractivity contribution in [2.75, 3.05) is 5.32 Å². The molecule has 3 rings (SSSR count). The number of thiophene rings is 1. The SMILES string of the molecule is FC(F)(F)Oc1ccc(NC(=S)N(Cc2ccco2)Cc2cccs2)cc1. The van der Waals surface area contributed by atoms with Crippen LogP contribution in [-0.2, 0) is 13.1 Å². The Morgan fingerprint density at radius 1 is 1.11 bits per heavy atom. The number of hydrogen-bond donors (Lipinski definition) is 1. The summed E-state index contributed by atoms with van der Waals surface area (Å²) >= 11 is 7.10. The van der Waals surface area contributed by atoms with E-state index in [1.807, 2.05) is 28.5 Å². The zero-order valence-corrected chi connectivity index (χ0v) is 15.5. The number of thiocarbonyl (C=S) groups is 1. The van der Waals surface area contributed by atoms with Gasteiger partial charge >= 0.3 is 6.36 Å². The van der Waals surface area contributed by atoms with E-state index in [9.17, 15) is 13.2 Å². The summed E-state index contributed by atoms with van der Waals surface area (Å²) in [6, 6.07) is 13.0. The van der Waals surface area contributed by atoms with Crippen molar-refractivity contribution < 1.29 is 22.3 Å². The molecule has 0 aliphatic carbocycles. The lowest BCUT2D eigenvalue weighted by Crippen LogP contribution is -2.33. The van der Waals surface area contributed by atoms with Gasteiger partial charge < -0.3 is 19.4 Å². The number of ether oxygens (including phenoxy) is 1. The Labute approximate surface area is 163 Å². The van der Waals surface area contributed by atoms with Crippen LogP contribution >= 0.6 is 23.6 Å². The van der Waals surface area contributed by atoms with Gasteiger partial charge in [0.05, 0.1) is 19.4 Å². The van der Waals surface area contributed by atoms with Crippen molar-refractivity contribution in [3.05, 3.63) is 70.8 Å². The van der Waals surface area contributed by atoms with Crippen molar-refractivity contribution in [1.82, 2.24) is 4.90 Å². The highest BCUT2D eigenvalue weighted by Crippen LogP contribution is 2.24. The number of alkyl halides is 3. The molecule has 2 heterocycles. The van der Waals surface area contributed by atoms with Crippen LogP contribution in [0.25, 0.3) is 0 Å². The molecule has 9 heteroatoms. The van der Waals surface area contributed by atoms with Gasteiger partial charge in [0, 0.05) is 10.6 Å². The number of halogens is 3. The summed E-state index contributed by atoms with van der Waals surface area (Å²) < 4.78 is 46.0. The molecule has 0 spiro atoms. The molecular weight excluding hydrogens is 397 g/mol. The predicted octanol–water partition coefficient (Wildman–Crippen LogP) is 5.64. The molecule has 0 radical (unpaired) electrons. The molecule has 0 aliphatic rings. The molecular formula is C18H15F3N2O2S2. The van der Waals surface area contributed by atoms with Crippen molar-refractivity contribution in [3.8, 4) is 5.75 Å². The van der Waals surface area contributed by atoms with Gasteiger partial charge in [-0.2, -0.15) is 0 Å². The minimum Gasteiger partial charge on any atom is -0.467 e. The molecule has 142 valence electrons. The van der Waals surface area contributed by atoms with E-state index in [0.29, 0.717) is 23.9 Å². The average Bonchev–Trinajstić information content (AvgIpc) is 3.28. The summed E-state index contributed by atoms with van der Waals surface area (Å²) in [6.45, 7) is 1.05. The molecule has 0 amide bonds. The van der Waals surface area contributed by atoms with Gasteiger partial charge in [0.1, 0.15) is 11.5 Å². The van der Waals surface area contributed by atoms with Crippen LogP contribution in [0.5, 0.6) is 5.75 Å². The Kier molecular flexibility index (Phi) is 6.02. The van der Waals surface area contributed by atoms with Gasteiger partial charge in [-0.3, -0.25) is 0 Å². The van der Waals surface area contributed by atoms with E-state index in [1.54, 1.807) is 23.7 Å². The Bertz CT molecular complexity index is 812. The van der Waals surface area contributed by atoms with E-state index in [-0.39, 0.29) is 5.75 Å². The minimum atomic E-state index is -4.72. The smallest absolute Gasteiger partial charge is 0.467 e. The van der Waals surface area contributed by atoms with Gasteiger partial charge in [0.2, 0.25) is 0 Å². The highest BCUT2D eigenvalue weighted by Gasteiger charge is 2.31. The first-order chi connectivity index (χ1) is 12.9. The molecule has 0 aliphatic heterocycles. The number of anilines is 1. The molecule has 2 aromatic heterocycles. The third-order valence-corrected chi connectivity index (χ3v) is 4.70. The maximum atomic E-state index is 12.2. The number of benzene rings is 1. The number of furan rings is 1. The predicted molar refractivity (Wildman–Crippen MR) is 102 cm³/mol. The molecule has 0 fully saturated rings. The Hall–Kier alpha value is -2.52. The summed E-state index contributed by atoms with van der Waals surface area (Å²) in [4.78, 5) is 3.04. The van der Waals surface area contributed by atoms with Crippen molar-refractivity contribution in [2.24, 2.45) is 0 Å². The molecule has 0 unspecified atom stereocenters. The Balaban J connectivity index is 1.68. The standard InChI is InChI=1S/C18H15F3N2O2S2/c19-18(20,21)25-14-7-5-13(6-8-14)22-17(26)23(11-15-3-1-9-24-15)12-16-4-2-10-27-16/h1-10H,11-12H2,(H,22,26). The van der Waals surface area contributed by atoms with Gasteiger partial charge in [-0.1, -0.05) is 6.07 Å². The molecule has 0 saturated heterocycles. The maximum absolute atomic E-state index is 12.2. The summed E-state index contributed by atoms with van der Waals surface area (Å²) in [5.74, 6) is 0.467. The van der Waals surface area contributed by atoms with Crippen molar-refractivity contribution in [2.45, 2.75) is 19.5 Å². The van der Waals surface area contributed by atoms with Gasteiger partial charge in [-0.15, -0.1) is 24.5 Å². The van der Waals surface area contributed by atoms with Crippen LogP contribution in [0.2, 0.25) is 0 Å². The van der Waals surface area contributed by atoms with Crippen molar-refractivity contribution in [1.29, 1.82) is 0 Å². The lowest BCUT2D eigenvalue weighted by Gasteiger charge is -2.24. The highest BCUT2D eigenvalue weighted by molar-refractivity contribution is 7.80. The second-order valence-corrected chi connectivity index (χ2v) is 6.94. The third-order valence-electron chi connectivity index (χ3n) is 3.48. The quantitative estimate of drug-likeness (QED) is 0.531. The second kappa shape index (κ2) is 8.45. The summed E-state index contributed by atoms with van der Waals surface area (Å²) in [5, 5.41) is 5.46. The monoisotopic (exact) mass is 412 g/mol. The molecule has 0 atom stereocenters. The average molecular weight is 412 g/mol. The van der Waals surface area contributed by atoms with Crippen LogP contribution in [0.15, 0.2) is 64.6 Å². The zero-order valence-electron chi connectivity index (χ0n) is 13.9. The topological polar surface area (TPSA) is 37.6 Å². The fourth-order valence-electron chi connectivity index (χ4n) is 2.32. The van der Waals surface area contributed by atoms with Crippen LogP contribution in [0.1, 0.15) is 10.6 Å². The minimum absolute atomic E-state index is 0.287. The van der Waals surface area contributed by atoms with Gasteiger partial charge in [0.15, 0.2) is 5.11 Å². The maximum Gasteiger partial charge on any atom is 0.573 e. The molecule has 3 aromatic rings. The van der Waals surface area contributed by atoms with E-state index in [4.69, 9.17) is 16.6 Å². The lowest BCUT2D eigenvalue weighted by molar-refractivity contribution is -0.274. The number of hydrogen-bond acceptors (Lipinski definition) is 4. The van der Waals surface area contributed by atoms with Gasteiger partial charge in [-0.05, 0) is 60.1 Å². The Morgan fingerprint density at radius 3 is 2.48 bits per heavy atom. The Morgan fingerprint density at radius 2 is 1.89 bits per heavy atom. The van der Waals surface area contributed by atoms with E-state index in [2.05, 4.69) is 10.1 Å². The molecule has 27 heavy (non-hydrogen) atoms. The largest absolute Gasteiger partial charge is 0.573 e. The second-order valence-electron chi connectivity index (χ2n) is 5.52. The van der Waals surface area contributed by atoms with E-state index < -0.39 is 6.36 Å². The van der Waals surface area contributed by atoms with E-state index in [1.165, 1.54) is 24.3 Å². The third kappa shape index (κ3) is 6.00. The lowest BCUT2D eigenvalue weighted by atomic mass is 10.3. The zero-order chi connectivity index (χ0) is 19.3. The van der Waals surface area contributed by atoms with Gasteiger partial charge in [0.25, 0.3) is 0 Å². The fourth-order valence-corrected chi connectivity index (χ4v) is 3.29. The molecule has 1 N–H and O–H groups in total. The first-order valence-electron chi connectivity index (χ1n) is 7.85. The van der Waals surface area contributed by atoms with Crippen LogP contribution < -0.4 is 10.1 Å². The molecule has 4 nitrogen and oxygen atoms in total. The summed E-state index contributed by atoms with van der Waals surface area (Å²) in [7, 11) is 0. The number of nitrogens with one attached hydrogen (secondary N) is 1. The summed E-state index contributed by atoms with van der Waals surface area (Å²) in [5.41, 5.74) is 0.560. The van der Waals surface area contributed by atoms with Crippen LogP contribution in [-0.4, -0.2) is 16.4 Å². The fraction of sp³-hybridized carbons (Fsp3) is 0.167. The van der Waals surface area contributed by atoms with Crippen molar-refractivity contribution in [3.63, 3.8) is 0 Å². The number of rotatable bonds is 6. The summed E-state index contributed by atoms with van der Waals surface area (Å²) in [6.07, 6.45) is -3.13.